The van der Waals surface area contributed by atoms with Gasteiger partial charge in [0.1, 0.15) is 21.4 Å². The first-order valence-electron chi connectivity index (χ1n) is 16.6. The van der Waals surface area contributed by atoms with Crippen LogP contribution < -0.4 is 21.7 Å². The van der Waals surface area contributed by atoms with Gasteiger partial charge in [-0.15, -0.1) is 22.7 Å². The number of benzene rings is 2. The van der Waals surface area contributed by atoms with E-state index < -0.39 is 6.04 Å². The monoisotopic (exact) mass is 701 g/mol. The lowest BCUT2D eigenvalue weighted by Crippen LogP contribution is -2.36. The van der Waals surface area contributed by atoms with Crippen molar-refractivity contribution in [2.75, 3.05) is 19.6 Å². The number of rotatable bonds is 6. The van der Waals surface area contributed by atoms with Gasteiger partial charge in [-0.3, -0.25) is 19.2 Å². The highest BCUT2D eigenvalue weighted by Crippen LogP contribution is 2.27. The number of nitrogens with zero attached hydrogens (tertiary/aromatic N) is 3. The molecule has 4 aromatic rings. The molecule has 13 heteroatoms. The fraction of sp³-hybridized carbons (Fsp3) is 0.389. The first-order valence-corrected chi connectivity index (χ1v) is 18.4. The quantitative estimate of drug-likeness (QED) is 0.219. The lowest BCUT2D eigenvalue weighted by atomic mass is 10.0. The first kappa shape index (κ1) is 35.8. The Kier molecular flexibility index (Phi) is 12.6. The Balaban J connectivity index is 1.40. The maximum Gasteiger partial charge on any atom is 0.271 e. The van der Waals surface area contributed by atoms with Crippen molar-refractivity contribution >= 4 is 46.3 Å². The lowest BCUT2D eigenvalue weighted by molar-refractivity contribution is -0.122. The fourth-order valence-corrected chi connectivity index (χ4v) is 7.33. The van der Waals surface area contributed by atoms with Gasteiger partial charge in [-0.05, 0) is 54.9 Å². The van der Waals surface area contributed by atoms with E-state index in [0.717, 1.165) is 11.1 Å². The van der Waals surface area contributed by atoms with Crippen molar-refractivity contribution in [1.82, 2.24) is 30.8 Å². The van der Waals surface area contributed by atoms with Gasteiger partial charge in [-0.2, -0.15) is 0 Å². The minimum absolute atomic E-state index is 0.146. The predicted octanol–water partition coefficient (Wildman–Crippen LogP) is 5.03. The Bertz CT molecular complexity index is 1720. The van der Waals surface area contributed by atoms with Crippen molar-refractivity contribution in [2.45, 2.75) is 64.6 Å². The minimum atomic E-state index is -0.495. The number of amides is 4. The lowest BCUT2D eigenvalue weighted by Gasteiger charge is -2.23. The molecule has 3 heterocycles. The molecule has 258 valence electrons. The van der Waals surface area contributed by atoms with Crippen molar-refractivity contribution < 1.29 is 19.2 Å². The fourth-order valence-electron chi connectivity index (χ4n) is 5.62. The SMILES string of the molecule is CC(C)C[C@@H]1NC(=O)CCCN(C(=O)c2ccc(CN)cc2)CCCNC(=O)c2csc(n2)[C@H](Cc2ccccc2)NC(=O)c2csc1n2. The molecule has 0 saturated heterocycles. The number of aromatic nitrogens is 2. The maximum atomic E-state index is 13.6. The molecule has 0 unspecified atom stereocenters. The molecule has 0 fully saturated rings. The van der Waals surface area contributed by atoms with Gasteiger partial charge in [0.2, 0.25) is 5.91 Å². The first-order chi connectivity index (χ1) is 23.7. The summed E-state index contributed by atoms with van der Waals surface area (Å²) in [4.78, 5) is 64.4. The van der Waals surface area contributed by atoms with Crippen molar-refractivity contribution in [3.63, 3.8) is 0 Å². The van der Waals surface area contributed by atoms with E-state index in [-0.39, 0.29) is 53.4 Å². The zero-order valence-corrected chi connectivity index (χ0v) is 29.4. The minimum Gasteiger partial charge on any atom is -0.351 e. The van der Waals surface area contributed by atoms with Crippen molar-refractivity contribution in [2.24, 2.45) is 11.7 Å². The number of thiazole rings is 2. The molecule has 4 bridgehead atoms. The van der Waals surface area contributed by atoms with Crippen LogP contribution in [0, 0.1) is 5.92 Å². The molecule has 0 saturated carbocycles. The zero-order chi connectivity index (χ0) is 34.8. The van der Waals surface area contributed by atoms with Gasteiger partial charge in [-0.1, -0.05) is 56.3 Å². The Morgan fingerprint density at radius 3 is 2.18 bits per heavy atom. The third kappa shape index (κ3) is 10.0. The Morgan fingerprint density at radius 2 is 1.51 bits per heavy atom. The summed E-state index contributed by atoms with van der Waals surface area (Å²) in [5, 5.41) is 13.8. The maximum absolute atomic E-state index is 13.6. The second-order valence-corrected chi connectivity index (χ2v) is 14.3. The van der Waals surface area contributed by atoms with Crippen molar-refractivity contribution in [1.29, 1.82) is 0 Å². The highest BCUT2D eigenvalue weighted by Gasteiger charge is 2.26. The van der Waals surface area contributed by atoms with Crippen molar-refractivity contribution in [3.05, 3.63) is 103 Å². The van der Waals surface area contributed by atoms with Crippen LogP contribution in [0.2, 0.25) is 0 Å². The van der Waals surface area contributed by atoms with Crippen LogP contribution in [0.3, 0.4) is 0 Å². The summed E-state index contributed by atoms with van der Waals surface area (Å²) in [5.74, 6) is -0.706. The number of nitrogens with one attached hydrogen (secondary N) is 3. The summed E-state index contributed by atoms with van der Waals surface area (Å²) in [6.07, 6.45) is 2.31. The second kappa shape index (κ2) is 17.3. The third-order valence-electron chi connectivity index (χ3n) is 8.18. The average Bonchev–Trinajstić information content (AvgIpc) is 3.80. The van der Waals surface area contributed by atoms with Crippen LogP contribution in [0.25, 0.3) is 0 Å². The molecule has 2 aromatic heterocycles. The molecular weight excluding hydrogens is 659 g/mol. The van der Waals surface area contributed by atoms with Crippen LogP contribution in [0.1, 0.15) is 104 Å². The summed E-state index contributed by atoms with van der Waals surface area (Å²) in [5.41, 5.74) is 8.74. The standard InChI is InChI=1S/C36H43N7O4S2/c1-23(2)18-27-34-42-30(22-49-34)33(46)40-28(19-24-8-4-3-5-9-24)35-41-29(21-48-35)32(45)38-15-7-17-43(16-6-10-31(44)39-27)36(47)26-13-11-25(20-37)12-14-26/h3-5,8-9,11-14,21-23,27-28H,6-7,10,15-20,37H2,1-2H3,(H,38,45)(H,39,44)(H,40,46)/t27-,28-/m0/s1. The van der Waals surface area contributed by atoms with Gasteiger partial charge < -0.3 is 26.6 Å². The number of hydrogen-bond acceptors (Lipinski definition) is 9. The highest BCUT2D eigenvalue weighted by molar-refractivity contribution is 7.10. The zero-order valence-electron chi connectivity index (χ0n) is 27.8. The molecule has 5 rings (SSSR count). The van der Waals surface area contributed by atoms with E-state index in [2.05, 4.69) is 39.8 Å². The number of hydrogen-bond donors (Lipinski definition) is 4. The van der Waals surface area contributed by atoms with E-state index >= 15 is 0 Å². The second-order valence-electron chi connectivity index (χ2n) is 12.5. The van der Waals surface area contributed by atoms with Crippen molar-refractivity contribution in [3.8, 4) is 0 Å². The summed E-state index contributed by atoms with van der Waals surface area (Å²) < 4.78 is 0. The molecule has 0 spiro atoms. The molecule has 5 N–H and O–H groups in total. The van der Waals surface area contributed by atoms with Gasteiger partial charge in [0.25, 0.3) is 17.7 Å². The van der Waals surface area contributed by atoms with Gasteiger partial charge in [0.05, 0.1) is 12.1 Å². The summed E-state index contributed by atoms with van der Waals surface area (Å²) in [6.45, 7) is 5.63. The summed E-state index contributed by atoms with van der Waals surface area (Å²) in [7, 11) is 0. The van der Waals surface area contributed by atoms with E-state index in [1.807, 2.05) is 42.5 Å². The van der Waals surface area contributed by atoms with Crippen LogP contribution in [0.5, 0.6) is 0 Å². The Morgan fingerprint density at radius 1 is 0.857 bits per heavy atom. The molecule has 11 nitrogen and oxygen atoms in total. The highest BCUT2D eigenvalue weighted by atomic mass is 32.1. The van der Waals surface area contributed by atoms with Gasteiger partial charge in [0, 0.05) is 48.9 Å². The topological polar surface area (TPSA) is 159 Å². The molecule has 2 aromatic carbocycles. The molecule has 49 heavy (non-hydrogen) atoms. The molecule has 1 aliphatic heterocycles. The van der Waals surface area contributed by atoms with Crippen LogP contribution in [-0.2, 0) is 17.8 Å². The smallest absolute Gasteiger partial charge is 0.271 e. The number of nitrogens with two attached hydrogens (primary N) is 1. The van der Waals surface area contributed by atoms with E-state index in [1.54, 1.807) is 27.8 Å². The Hall–Kier alpha value is -4.46. The third-order valence-corrected chi connectivity index (χ3v) is 10.1. The normalized spacial score (nSPS) is 18.3. The Labute approximate surface area is 294 Å². The van der Waals surface area contributed by atoms with Gasteiger partial charge in [0.15, 0.2) is 0 Å². The van der Waals surface area contributed by atoms with Crippen LogP contribution in [0.4, 0.5) is 0 Å². The molecule has 4 amide bonds. The average molecular weight is 702 g/mol. The summed E-state index contributed by atoms with van der Waals surface area (Å²) in [6, 6.07) is 16.1. The molecule has 0 aliphatic carbocycles. The van der Waals surface area contributed by atoms with Gasteiger partial charge in [-0.25, -0.2) is 9.97 Å². The molecule has 2 atom stereocenters. The van der Waals surface area contributed by atoms with E-state index in [4.69, 9.17) is 5.73 Å². The van der Waals surface area contributed by atoms with Gasteiger partial charge >= 0.3 is 0 Å². The van der Waals surface area contributed by atoms with Crippen LogP contribution in [0.15, 0.2) is 65.4 Å². The molecular formula is C36H43N7O4S2. The van der Waals surface area contributed by atoms with Crippen LogP contribution in [-0.4, -0.2) is 58.1 Å². The van der Waals surface area contributed by atoms with E-state index in [9.17, 15) is 19.2 Å². The number of carbonyl (C=O) groups excluding carboxylic acids is 4. The van der Waals surface area contributed by atoms with E-state index in [1.165, 1.54) is 22.7 Å². The summed E-state index contributed by atoms with van der Waals surface area (Å²) >= 11 is 2.65. The molecule has 0 radical (unpaired) electrons. The largest absolute Gasteiger partial charge is 0.351 e. The molecule has 1 aliphatic rings. The number of carbonyl (C=O) groups is 4. The van der Waals surface area contributed by atoms with E-state index in [0.29, 0.717) is 67.4 Å². The van der Waals surface area contributed by atoms with Crippen LogP contribution >= 0.6 is 22.7 Å². The number of fused-ring (bicyclic) bond motifs is 4. The predicted molar refractivity (Wildman–Crippen MR) is 191 cm³/mol.